The molecule has 0 fully saturated rings. The van der Waals surface area contributed by atoms with Crippen molar-refractivity contribution < 1.29 is 4.74 Å². The van der Waals surface area contributed by atoms with E-state index < -0.39 is 0 Å². The Morgan fingerprint density at radius 1 is 1.30 bits per heavy atom. The van der Waals surface area contributed by atoms with Crippen molar-refractivity contribution in [2.45, 2.75) is 52.6 Å². The fourth-order valence-corrected chi connectivity index (χ4v) is 3.45. The summed E-state index contributed by atoms with van der Waals surface area (Å²) in [6.45, 7) is 9.18. The highest BCUT2D eigenvalue weighted by molar-refractivity contribution is 7.15. The molecule has 0 amide bonds. The minimum absolute atomic E-state index is 0.583. The Morgan fingerprint density at radius 2 is 2.00 bits per heavy atom. The summed E-state index contributed by atoms with van der Waals surface area (Å²) < 4.78 is 5.06. The Bertz CT molecular complexity index is 377. The first-order chi connectivity index (χ1) is 9.67. The van der Waals surface area contributed by atoms with Crippen molar-refractivity contribution in [1.29, 1.82) is 0 Å². The van der Waals surface area contributed by atoms with Crippen LogP contribution < -0.4 is 10.2 Å². The van der Waals surface area contributed by atoms with Gasteiger partial charge in [0.2, 0.25) is 0 Å². The number of methoxy groups -OCH3 is 1. The molecule has 0 saturated carbocycles. The normalized spacial score (nSPS) is 11.3. The molecule has 1 aromatic rings. The van der Waals surface area contributed by atoms with Crippen molar-refractivity contribution >= 4 is 16.5 Å². The van der Waals surface area contributed by atoms with E-state index >= 15 is 0 Å². The predicted octanol–water partition coefficient (Wildman–Crippen LogP) is 3.07. The van der Waals surface area contributed by atoms with Gasteiger partial charge in [-0.2, -0.15) is 0 Å². The molecule has 1 aromatic heterocycles. The van der Waals surface area contributed by atoms with Crippen molar-refractivity contribution in [2.24, 2.45) is 0 Å². The number of ether oxygens (including phenoxy) is 1. The number of hydrogen-bond acceptors (Lipinski definition) is 5. The Morgan fingerprint density at radius 3 is 2.55 bits per heavy atom. The summed E-state index contributed by atoms with van der Waals surface area (Å²) in [7, 11) is 3.90. The van der Waals surface area contributed by atoms with E-state index in [0.29, 0.717) is 6.04 Å². The zero-order valence-electron chi connectivity index (χ0n) is 13.5. The third-order valence-corrected chi connectivity index (χ3v) is 4.85. The van der Waals surface area contributed by atoms with Crippen molar-refractivity contribution in [2.75, 3.05) is 32.2 Å². The molecule has 5 heteroatoms. The molecule has 0 aliphatic carbocycles. The maximum atomic E-state index is 5.06. The minimum Gasteiger partial charge on any atom is -0.383 e. The molecule has 4 nitrogen and oxygen atoms in total. The molecule has 0 aliphatic heterocycles. The summed E-state index contributed by atoms with van der Waals surface area (Å²) in [6, 6.07) is 0.583. The highest BCUT2D eigenvalue weighted by Crippen LogP contribution is 2.28. The van der Waals surface area contributed by atoms with Crippen molar-refractivity contribution in [1.82, 2.24) is 10.3 Å². The summed E-state index contributed by atoms with van der Waals surface area (Å²) >= 11 is 1.82. The molecule has 1 rings (SSSR count). The van der Waals surface area contributed by atoms with Crippen molar-refractivity contribution in [3.8, 4) is 0 Å². The van der Waals surface area contributed by atoms with Gasteiger partial charge < -0.3 is 15.0 Å². The molecule has 0 aliphatic rings. The second-order valence-corrected chi connectivity index (χ2v) is 6.03. The number of thiazole rings is 1. The lowest BCUT2D eigenvalue weighted by Gasteiger charge is -2.25. The van der Waals surface area contributed by atoms with E-state index in [1.54, 1.807) is 7.11 Å². The third-order valence-electron chi connectivity index (χ3n) is 3.66. The van der Waals surface area contributed by atoms with Gasteiger partial charge in [0.1, 0.15) is 0 Å². The van der Waals surface area contributed by atoms with E-state index in [4.69, 9.17) is 9.72 Å². The van der Waals surface area contributed by atoms with Gasteiger partial charge >= 0.3 is 0 Å². The Balaban J connectivity index is 2.72. The van der Waals surface area contributed by atoms with Gasteiger partial charge in [-0.3, -0.25) is 0 Å². The summed E-state index contributed by atoms with van der Waals surface area (Å²) in [5, 5.41) is 4.57. The van der Waals surface area contributed by atoms with Gasteiger partial charge in [-0.1, -0.05) is 20.8 Å². The van der Waals surface area contributed by atoms with Crippen LogP contribution in [-0.4, -0.2) is 38.3 Å². The highest BCUT2D eigenvalue weighted by Gasteiger charge is 2.17. The van der Waals surface area contributed by atoms with Crippen LogP contribution in [-0.2, 0) is 17.7 Å². The topological polar surface area (TPSA) is 37.4 Å². The first-order valence-corrected chi connectivity index (χ1v) is 8.40. The lowest BCUT2D eigenvalue weighted by molar-refractivity contribution is 0.199. The second kappa shape index (κ2) is 9.32. The Hall–Kier alpha value is -0.650. The lowest BCUT2D eigenvalue weighted by atomic mass is 10.1. The van der Waals surface area contributed by atoms with Gasteiger partial charge in [0.25, 0.3) is 0 Å². The van der Waals surface area contributed by atoms with Gasteiger partial charge in [0, 0.05) is 38.2 Å². The molecular formula is C15H29N3OS. The monoisotopic (exact) mass is 299 g/mol. The average Bonchev–Trinajstić information content (AvgIpc) is 2.88. The van der Waals surface area contributed by atoms with E-state index in [1.807, 2.05) is 11.3 Å². The Kier molecular flexibility index (Phi) is 8.11. The first-order valence-electron chi connectivity index (χ1n) is 7.58. The van der Waals surface area contributed by atoms with Crippen LogP contribution in [0.4, 0.5) is 5.13 Å². The minimum atomic E-state index is 0.583. The van der Waals surface area contributed by atoms with E-state index in [1.165, 1.54) is 10.6 Å². The van der Waals surface area contributed by atoms with Gasteiger partial charge in [-0.15, -0.1) is 11.3 Å². The largest absolute Gasteiger partial charge is 0.383 e. The molecule has 0 spiro atoms. The van der Waals surface area contributed by atoms with Crippen LogP contribution in [0.25, 0.3) is 0 Å². The molecular weight excluding hydrogens is 270 g/mol. The number of hydrogen-bond donors (Lipinski definition) is 1. The molecule has 0 saturated heterocycles. The number of nitrogens with zero attached hydrogens (tertiary/aromatic N) is 2. The first kappa shape index (κ1) is 17.4. The lowest BCUT2D eigenvalue weighted by Crippen LogP contribution is -2.30. The molecule has 0 unspecified atom stereocenters. The van der Waals surface area contributed by atoms with Crippen LogP contribution in [0.15, 0.2) is 0 Å². The maximum Gasteiger partial charge on any atom is 0.185 e. The highest BCUT2D eigenvalue weighted by atomic mass is 32.1. The summed E-state index contributed by atoms with van der Waals surface area (Å²) in [6.07, 6.45) is 3.32. The van der Waals surface area contributed by atoms with E-state index in [0.717, 1.165) is 44.1 Å². The van der Waals surface area contributed by atoms with E-state index in [2.05, 4.69) is 38.0 Å². The maximum absolute atomic E-state index is 5.06. The molecule has 20 heavy (non-hydrogen) atoms. The summed E-state index contributed by atoms with van der Waals surface area (Å²) in [5.41, 5.74) is 1.23. The van der Waals surface area contributed by atoms with Crippen LogP contribution in [0.3, 0.4) is 0 Å². The number of anilines is 1. The molecule has 116 valence electrons. The Labute approximate surface area is 127 Å². The van der Waals surface area contributed by atoms with Crippen LogP contribution in [0, 0.1) is 0 Å². The van der Waals surface area contributed by atoms with Gasteiger partial charge in [-0.05, 0) is 19.3 Å². The quantitative estimate of drug-likeness (QED) is 0.674. The van der Waals surface area contributed by atoms with Crippen LogP contribution in [0.1, 0.15) is 44.2 Å². The molecule has 0 atom stereocenters. The number of nitrogens with one attached hydrogen (secondary N) is 1. The van der Waals surface area contributed by atoms with E-state index in [-0.39, 0.29) is 0 Å². The fourth-order valence-electron chi connectivity index (χ4n) is 2.30. The number of aromatic nitrogens is 1. The van der Waals surface area contributed by atoms with Crippen molar-refractivity contribution in [3.05, 3.63) is 10.6 Å². The van der Waals surface area contributed by atoms with Crippen LogP contribution in [0.2, 0.25) is 0 Å². The standard InChI is InChI=1S/C15H29N3OS/c1-6-12(7-2)18(4)15-17-13(8-3)14(20-15)11-16-9-10-19-5/h12,16H,6-11H2,1-5H3. The molecule has 1 heterocycles. The molecule has 1 N–H and O–H groups in total. The number of aryl methyl sites for hydroxylation is 1. The molecule has 0 aromatic carbocycles. The molecule has 0 radical (unpaired) electrons. The summed E-state index contributed by atoms with van der Waals surface area (Å²) in [5.74, 6) is 0. The van der Waals surface area contributed by atoms with E-state index in [9.17, 15) is 0 Å². The predicted molar refractivity (Wildman–Crippen MR) is 87.8 cm³/mol. The van der Waals surface area contributed by atoms with Crippen LogP contribution >= 0.6 is 11.3 Å². The third kappa shape index (κ3) is 4.72. The smallest absolute Gasteiger partial charge is 0.185 e. The van der Waals surface area contributed by atoms with Gasteiger partial charge in [0.05, 0.1) is 12.3 Å². The zero-order chi connectivity index (χ0) is 15.0. The van der Waals surface area contributed by atoms with Gasteiger partial charge in [0.15, 0.2) is 5.13 Å². The van der Waals surface area contributed by atoms with Crippen LogP contribution in [0.5, 0.6) is 0 Å². The SMILES string of the molecule is CCc1nc(N(C)C(CC)CC)sc1CNCCOC. The summed E-state index contributed by atoms with van der Waals surface area (Å²) in [4.78, 5) is 8.51. The molecule has 0 bridgehead atoms. The second-order valence-electron chi connectivity index (χ2n) is 4.97. The number of rotatable bonds is 10. The average molecular weight is 299 g/mol. The van der Waals surface area contributed by atoms with Gasteiger partial charge in [-0.25, -0.2) is 4.98 Å². The fraction of sp³-hybridized carbons (Fsp3) is 0.800. The zero-order valence-corrected chi connectivity index (χ0v) is 14.3. The van der Waals surface area contributed by atoms with Crippen molar-refractivity contribution in [3.63, 3.8) is 0 Å².